The maximum absolute atomic E-state index is 6.06. The number of fused-ring (bicyclic) bond motifs is 1. The van der Waals surface area contributed by atoms with Crippen molar-refractivity contribution < 1.29 is 9.47 Å². The molecule has 2 aliphatic rings. The zero-order chi connectivity index (χ0) is 17.8. The van der Waals surface area contributed by atoms with E-state index in [0.29, 0.717) is 24.7 Å². The van der Waals surface area contributed by atoms with Crippen molar-refractivity contribution in [2.24, 2.45) is 5.92 Å². The third-order valence-electron chi connectivity index (χ3n) is 5.41. The molecule has 26 heavy (non-hydrogen) atoms. The monoisotopic (exact) mass is 353 g/mol. The summed E-state index contributed by atoms with van der Waals surface area (Å²) in [6.07, 6.45) is 6.37. The van der Waals surface area contributed by atoms with Gasteiger partial charge in [-0.3, -0.25) is 14.9 Å². The number of morpholine rings is 1. The van der Waals surface area contributed by atoms with Crippen molar-refractivity contribution in [2.75, 3.05) is 19.8 Å². The Labute approximate surface area is 155 Å². The Balaban J connectivity index is 1.29. The van der Waals surface area contributed by atoms with E-state index in [1.807, 2.05) is 43.6 Å². The maximum atomic E-state index is 6.06. The van der Waals surface area contributed by atoms with E-state index >= 15 is 0 Å². The summed E-state index contributed by atoms with van der Waals surface area (Å²) in [4.78, 5) is 11.3. The van der Waals surface area contributed by atoms with Crippen LogP contribution in [0.15, 0.2) is 42.7 Å². The molecule has 1 saturated carbocycles. The lowest BCUT2D eigenvalue weighted by Gasteiger charge is -2.37. The molecule has 3 unspecified atom stereocenters. The molecule has 0 N–H and O–H groups in total. The van der Waals surface area contributed by atoms with Crippen LogP contribution >= 0.6 is 0 Å². The van der Waals surface area contributed by atoms with Crippen LogP contribution in [-0.4, -0.2) is 46.8 Å². The highest BCUT2D eigenvalue weighted by atomic mass is 16.5. The molecule has 3 heterocycles. The second-order valence-electron chi connectivity index (χ2n) is 7.43. The fraction of sp³-hybridized carbons (Fsp3) is 0.524. The first-order valence-corrected chi connectivity index (χ1v) is 9.53. The van der Waals surface area contributed by atoms with Crippen LogP contribution in [0.25, 0.3) is 0 Å². The van der Waals surface area contributed by atoms with Gasteiger partial charge in [-0.2, -0.15) is 0 Å². The van der Waals surface area contributed by atoms with Gasteiger partial charge < -0.3 is 9.47 Å². The summed E-state index contributed by atoms with van der Waals surface area (Å²) < 4.78 is 12.0. The van der Waals surface area contributed by atoms with Gasteiger partial charge in [-0.1, -0.05) is 12.1 Å². The summed E-state index contributed by atoms with van der Waals surface area (Å²) in [7, 11) is 0. The molecule has 1 aliphatic heterocycles. The van der Waals surface area contributed by atoms with E-state index in [0.717, 1.165) is 50.5 Å². The molecule has 0 bridgehead atoms. The van der Waals surface area contributed by atoms with Crippen molar-refractivity contribution in [1.29, 1.82) is 0 Å². The molecule has 5 heteroatoms. The lowest BCUT2D eigenvalue weighted by Crippen LogP contribution is -2.47. The predicted molar refractivity (Wildman–Crippen MR) is 99.5 cm³/mol. The van der Waals surface area contributed by atoms with Crippen molar-refractivity contribution in [3.05, 3.63) is 59.7 Å². The molecule has 2 aromatic rings. The largest absolute Gasteiger partial charge is 0.375 e. The Hall–Kier alpha value is -1.82. The van der Waals surface area contributed by atoms with Gasteiger partial charge in [-0.25, -0.2) is 0 Å². The van der Waals surface area contributed by atoms with Crippen molar-refractivity contribution in [1.82, 2.24) is 14.9 Å². The van der Waals surface area contributed by atoms with E-state index in [9.17, 15) is 0 Å². The highest BCUT2D eigenvalue weighted by Gasteiger charge is 2.40. The molecule has 3 atom stereocenters. The lowest BCUT2D eigenvalue weighted by atomic mass is 10.1. The first-order valence-electron chi connectivity index (χ1n) is 9.53. The van der Waals surface area contributed by atoms with Crippen LogP contribution < -0.4 is 0 Å². The number of hydrogen-bond acceptors (Lipinski definition) is 5. The molecule has 138 valence electrons. The molecule has 5 nitrogen and oxygen atoms in total. The van der Waals surface area contributed by atoms with Gasteiger partial charge in [0.05, 0.1) is 31.6 Å². The van der Waals surface area contributed by atoms with Gasteiger partial charge in [0, 0.05) is 37.2 Å². The minimum absolute atomic E-state index is 0.339. The van der Waals surface area contributed by atoms with Crippen molar-refractivity contribution in [2.45, 2.75) is 45.1 Å². The third-order valence-corrected chi connectivity index (χ3v) is 5.41. The first kappa shape index (κ1) is 17.6. The van der Waals surface area contributed by atoms with Crippen molar-refractivity contribution in [3.8, 4) is 0 Å². The number of rotatable bonds is 6. The Morgan fingerprint density at radius 1 is 1.23 bits per heavy atom. The van der Waals surface area contributed by atoms with Gasteiger partial charge in [0.15, 0.2) is 0 Å². The number of aryl methyl sites for hydroxylation is 1. The highest BCUT2D eigenvalue weighted by Crippen LogP contribution is 2.35. The number of aromatic nitrogens is 2. The van der Waals surface area contributed by atoms with Crippen molar-refractivity contribution in [3.63, 3.8) is 0 Å². The summed E-state index contributed by atoms with van der Waals surface area (Å²) in [6.45, 7) is 6.16. The van der Waals surface area contributed by atoms with Gasteiger partial charge >= 0.3 is 0 Å². The van der Waals surface area contributed by atoms with Crippen LogP contribution in [-0.2, 0) is 22.6 Å². The first-order chi connectivity index (χ1) is 12.8. The van der Waals surface area contributed by atoms with Crippen LogP contribution in [0, 0.1) is 12.8 Å². The molecule has 0 aromatic carbocycles. The predicted octanol–water partition coefficient (Wildman–Crippen LogP) is 2.98. The summed E-state index contributed by atoms with van der Waals surface area (Å²) in [5.74, 6) is 0.560. The van der Waals surface area contributed by atoms with Crippen LogP contribution in [0.4, 0.5) is 0 Å². The Morgan fingerprint density at radius 2 is 2.19 bits per heavy atom. The summed E-state index contributed by atoms with van der Waals surface area (Å²) in [5.41, 5.74) is 3.32. The summed E-state index contributed by atoms with van der Waals surface area (Å²) in [5, 5.41) is 0. The second kappa shape index (κ2) is 8.25. The number of pyridine rings is 2. The zero-order valence-corrected chi connectivity index (χ0v) is 15.4. The molecule has 0 amide bonds. The molecule has 1 aliphatic carbocycles. The van der Waals surface area contributed by atoms with Gasteiger partial charge in [-0.05, 0) is 49.4 Å². The van der Waals surface area contributed by atoms with Gasteiger partial charge in [0.2, 0.25) is 0 Å². The second-order valence-corrected chi connectivity index (χ2v) is 7.43. The Morgan fingerprint density at radius 3 is 3.04 bits per heavy atom. The zero-order valence-electron chi connectivity index (χ0n) is 15.4. The maximum Gasteiger partial charge on any atom is 0.0888 e. The van der Waals surface area contributed by atoms with Gasteiger partial charge in [0.1, 0.15) is 0 Å². The fourth-order valence-corrected chi connectivity index (χ4v) is 4.19. The van der Waals surface area contributed by atoms with Crippen LogP contribution in [0.3, 0.4) is 0 Å². The van der Waals surface area contributed by atoms with Crippen molar-refractivity contribution >= 4 is 0 Å². The number of nitrogens with zero attached hydrogens (tertiary/aromatic N) is 3. The topological polar surface area (TPSA) is 47.5 Å². The smallest absolute Gasteiger partial charge is 0.0888 e. The van der Waals surface area contributed by atoms with E-state index < -0.39 is 0 Å². The van der Waals surface area contributed by atoms with Crippen LogP contribution in [0.1, 0.15) is 29.8 Å². The Bertz CT molecular complexity index is 709. The number of hydrogen-bond donors (Lipinski definition) is 0. The molecule has 4 rings (SSSR count). The van der Waals surface area contributed by atoms with E-state index in [1.54, 1.807) is 0 Å². The minimum Gasteiger partial charge on any atom is -0.375 e. The van der Waals surface area contributed by atoms with Gasteiger partial charge in [0.25, 0.3) is 0 Å². The molecule has 2 fully saturated rings. The molecule has 0 radical (unpaired) electrons. The molecular formula is C21H27N3O2. The van der Waals surface area contributed by atoms with E-state index in [-0.39, 0.29) is 0 Å². The van der Waals surface area contributed by atoms with E-state index in [1.165, 1.54) is 5.56 Å². The average molecular weight is 353 g/mol. The standard InChI is InChI=1S/C21H27N3O2/c1-16-4-2-6-19(23-16)15-25-14-18-10-20-21(11-18)26-9-8-24(20)13-17-5-3-7-22-12-17/h2-7,12,18,20-21H,8-11,13-15H2,1H3. The molecule has 1 saturated heterocycles. The average Bonchev–Trinajstić information content (AvgIpc) is 3.07. The van der Waals surface area contributed by atoms with Gasteiger partial charge in [-0.15, -0.1) is 0 Å². The fourth-order valence-electron chi connectivity index (χ4n) is 4.19. The summed E-state index contributed by atoms with van der Waals surface area (Å²) >= 11 is 0. The lowest BCUT2D eigenvalue weighted by molar-refractivity contribution is -0.0591. The van der Waals surface area contributed by atoms with Crippen LogP contribution in [0.2, 0.25) is 0 Å². The SMILES string of the molecule is Cc1cccc(COCC2CC3OCCN(Cc4cccnc4)C3C2)n1. The minimum atomic E-state index is 0.339. The Kier molecular flexibility index (Phi) is 5.58. The van der Waals surface area contributed by atoms with Crippen LogP contribution in [0.5, 0.6) is 0 Å². The third kappa shape index (κ3) is 4.29. The molecule has 2 aromatic heterocycles. The normalized spacial score (nSPS) is 26.0. The molecular weight excluding hydrogens is 326 g/mol. The highest BCUT2D eigenvalue weighted by molar-refractivity contribution is 5.10. The summed E-state index contributed by atoms with van der Waals surface area (Å²) in [6, 6.07) is 10.7. The van der Waals surface area contributed by atoms with E-state index in [2.05, 4.69) is 20.9 Å². The number of ether oxygens (including phenoxy) is 2. The van der Waals surface area contributed by atoms with E-state index in [4.69, 9.17) is 9.47 Å². The molecule has 0 spiro atoms. The quantitative estimate of drug-likeness (QED) is 0.799.